The van der Waals surface area contributed by atoms with Crippen LogP contribution in [0.5, 0.6) is 0 Å². The average molecular weight is 340 g/mol. The van der Waals surface area contributed by atoms with Crippen LogP contribution in [0.2, 0.25) is 0 Å². The van der Waals surface area contributed by atoms with Gasteiger partial charge in [-0.25, -0.2) is 0 Å². The van der Waals surface area contributed by atoms with Gasteiger partial charge in [-0.05, 0) is 55.5 Å². The van der Waals surface area contributed by atoms with Gasteiger partial charge >= 0.3 is 0 Å². The van der Waals surface area contributed by atoms with Gasteiger partial charge in [0.05, 0.1) is 0 Å². The Balaban J connectivity index is 1.51. The fourth-order valence-corrected chi connectivity index (χ4v) is 3.83. The number of rotatable bonds is 5. The SMILES string of the molecule is NC1CCC(NC(=O)c2ccc(SCc3ccccc3)cc2)CC1. The number of hydrogen-bond donors (Lipinski definition) is 2. The number of amides is 1. The van der Waals surface area contributed by atoms with Crippen LogP contribution in [0.3, 0.4) is 0 Å². The highest BCUT2D eigenvalue weighted by atomic mass is 32.2. The molecule has 0 spiro atoms. The number of carbonyl (C=O) groups is 1. The second kappa shape index (κ2) is 8.36. The van der Waals surface area contributed by atoms with Gasteiger partial charge in [-0.2, -0.15) is 0 Å². The first-order valence-electron chi connectivity index (χ1n) is 8.54. The summed E-state index contributed by atoms with van der Waals surface area (Å²) < 4.78 is 0. The summed E-state index contributed by atoms with van der Waals surface area (Å²) in [6.45, 7) is 0. The number of thioether (sulfide) groups is 1. The lowest BCUT2D eigenvalue weighted by Gasteiger charge is -2.26. The van der Waals surface area contributed by atoms with Crippen molar-refractivity contribution in [1.82, 2.24) is 5.32 Å². The van der Waals surface area contributed by atoms with E-state index >= 15 is 0 Å². The molecule has 1 aliphatic rings. The van der Waals surface area contributed by atoms with Crippen LogP contribution in [0.1, 0.15) is 41.6 Å². The molecular weight excluding hydrogens is 316 g/mol. The first kappa shape index (κ1) is 17.1. The molecule has 0 aromatic heterocycles. The topological polar surface area (TPSA) is 55.1 Å². The zero-order chi connectivity index (χ0) is 16.8. The summed E-state index contributed by atoms with van der Waals surface area (Å²) in [6, 6.07) is 18.9. The van der Waals surface area contributed by atoms with Gasteiger partial charge in [-0.1, -0.05) is 30.3 Å². The van der Waals surface area contributed by atoms with E-state index in [0.717, 1.165) is 37.0 Å². The molecule has 3 N–H and O–H groups in total. The Hall–Kier alpha value is -1.78. The van der Waals surface area contributed by atoms with E-state index in [2.05, 4.69) is 29.6 Å². The van der Waals surface area contributed by atoms with Crippen LogP contribution in [-0.4, -0.2) is 18.0 Å². The zero-order valence-electron chi connectivity index (χ0n) is 13.8. The molecule has 0 saturated heterocycles. The largest absolute Gasteiger partial charge is 0.349 e. The third kappa shape index (κ3) is 4.86. The molecule has 0 heterocycles. The third-order valence-electron chi connectivity index (χ3n) is 4.47. The smallest absolute Gasteiger partial charge is 0.251 e. The van der Waals surface area contributed by atoms with Crippen molar-refractivity contribution in [3.63, 3.8) is 0 Å². The third-order valence-corrected chi connectivity index (χ3v) is 5.56. The van der Waals surface area contributed by atoms with Crippen molar-refractivity contribution >= 4 is 17.7 Å². The molecule has 3 nitrogen and oxygen atoms in total. The van der Waals surface area contributed by atoms with Crippen molar-refractivity contribution in [2.45, 2.75) is 48.4 Å². The Kier molecular flexibility index (Phi) is 5.94. The van der Waals surface area contributed by atoms with Gasteiger partial charge in [-0.3, -0.25) is 4.79 Å². The first-order chi connectivity index (χ1) is 11.7. The number of hydrogen-bond acceptors (Lipinski definition) is 3. The van der Waals surface area contributed by atoms with Crippen molar-refractivity contribution in [1.29, 1.82) is 0 Å². The Morgan fingerprint density at radius 2 is 1.67 bits per heavy atom. The Morgan fingerprint density at radius 1 is 1.00 bits per heavy atom. The van der Waals surface area contributed by atoms with E-state index < -0.39 is 0 Å². The summed E-state index contributed by atoms with van der Waals surface area (Å²) in [5.74, 6) is 0.962. The molecule has 0 radical (unpaired) electrons. The predicted molar refractivity (Wildman–Crippen MR) is 100 cm³/mol. The number of carbonyl (C=O) groups excluding carboxylic acids is 1. The lowest BCUT2D eigenvalue weighted by atomic mass is 9.91. The molecule has 0 atom stereocenters. The van der Waals surface area contributed by atoms with E-state index in [9.17, 15) is 4.79 Å². The molecule has 1 amide bonds. The van der Waals surface area contributed by atoms with E-state index in [1.165, 1.54) is 10.5 Å². The summed E-state index contributed by atoms with van der Waals surface area (Å²) in [5, 5.41) is 3.13. The lowest BCUT2D eigenvalue weighted by molar-refractivity contribution is 0.0926. The summed E-state index contributed by atoms with van der Waals surface area (Å²) >= 11 is 1.78. The minimum atomic E-state index is 0.0232. The van der Waals surface area contributed by atoms with Gasteiger partial charge in [0.25, 0.3) is 5.91 Å². The zero-order valence-corrected chi connectivity index (χ0v) is 14.6. The van der Waals surface area contributed by atoms with Crippen LogP contribution in [0.4, 0.5) is 0 Å². The molecule has 0 aliphatic heterocycles. The van der Waals surface area contributed by atoms with E-state index in [1.54, 1.807) is 11.8 Å². The molecular formula is C20H24N2OS. The maximum atomic E-state index is 12.3. The van der Waals surface area contributed by atoms with Gasteiger partial charge in [0.1, 0.15) is 0 Å². The number of benzene rings is 2. The quantitative estimate of drug-likeness (QED) is 0.810. The summed E-state index contributed by atoms with van der Waals surface area (Å²) in [4.78, 5) is 13.5. The number of nitrogens with one attached hydrogen (secondary N) is 1. The highest BCUT2D eigenvalue weighted by molar-refractivity contribution is 7.98. The standard InChI is InChI=1S/C20H24N2OS/c21-17-8-10-18(11-9-17)22-20(23)16-6-12-19(13-7-16)24-14-15-4-2-1-3-5-15/h1-7,12-13,17-18H,8-11,14,21H2,(H,22,23). The van der Waals surface area contributed by atoms with E-state index in [4.69, 9.17) is 5.73 Å². The average Bonchev–Trinajstić information content (AvgIpc) is 2.63. The molecule has 1 saturated carbocycles. The molecule has 2 aromatic rings. The minimum absolute atomic E-state index is 0.0232. The van der Waals surface area contributed by atoms with E-state index in [0.29, 0.717) is 6.04 Å². The minimum Gasteiger partial charge on any atom is -0.349 e. The Labute approximate surface area is 148 Å². The molecule has 4 heteroatoms. The van der Waals surface area contributed by atoms with Gasteiger partial charge in [-0.15, -0.1) is 11.8 Å². The van der Waals surface area contributed by atoms with E-state index in [1.807, 2.05) is 30.3 Å². The van der Waals surface area contributed by atoms with Gasteiger partial charge in [0.15, 0.2) is 0 Å². The Morgan fingerprint density at radius 3 is 2.33 bits per heavy atom. The van der Waals surface area contributed by atoms with Gasteiger partial charge in [0, 0.05) is 28.3 Å². The van der Waals surface area contributed by atoms with Crippen LogP contribution in [0.25, 0.3) is 0 Å². The second-order valence-corrected chi connectivity index (χ2v) is 7.43. The van der Waals surface area contributed by atoms with Crippen LogP contribution >= 0.6 is 11.8 Å². The molecule has 24 heavy (non-hydrogen) atoms. The van der Waals surface area contributed by atoms with Crippen molar-refractivity contribution in [2.24, 2.45) is 5.73 Å². The Bertz CT molecular complexity index is 649. The highest BCUT2D eigenvalue weighted by Crippen LogP contribution is 2.23. The highest BCUT2D eigenvalue weighted by Gasteiger charge is 2.20. The molecule has 126 valence electrons. The van der Waals surface area contributed by atoms with Crippen LogP contribution in [0, 0.1) is 0 Å². The van der Waals surface area contributed by atoms with Crippen LogP contribution < -0.4 is 11.1 Å². The molecule has 0 bridgehead atoms. The van der Waals surface area contributed by atoms with Gasteiger partial charge < -0.3 is 11.1 Å². The normalized spacial score (nSPS) is 20.5. The maximum absolute atomic E-state index is 12.3. The molecule has 0 unspecified atom stereocenters. The molecule has 1 aliphatic carbocycles. The van der Waals surface area contributed by atoms with Crippen molar-refractivity contribution in [3.8, 4) is 0 Å². The second-order valence-electron chi connectivity index (χ2n) is 6.38. The summed E-state index contributed by atoms with van der Waals surface area (Å²) in [5.41, 5.74) is 7.95. The van der Waals surface area contributed by atoms with Crippen molar-refractivity contribution < 1.29 is 4.79 Å². The summed E-state index contributed by atoms with van der Waals surface area (Å²) in [6.07, 6.45) is 3.97. The fourth-order valence-electron chi connectivity index (χ4n) is 2.98. The molecule has 1 fully saturated rings. The molecule has 3 rings (SSSR count). The lowest BCUT2D eigenvalue weighted by Crippen LogP contribution is -2.40. The summed E-state index contributed by atoms with van der Waals surface area (Å²) in [7, 11) is 0. The number of nitrogens with two attached hydrogens (primary N) is 1. The van der Waals surface area contributed by atoms with Crippen LogP contribution in [-0.2, 0) is 5.75 Å². The van der Waals surface area contributed by atoms with Crippen molar-refractivity contribution in [3.05, 3.63) is 65.7 Å². The maximum Gasteiger partial charge on any atom is 0.251 e. The van der Waals surface area contributed by atoms with Crippen LogP contribution in [0.15, 0.2) is 59.5 Å². The van der Waals surface area contributed by atoms with Gasteiger partial charge in [0.2, 0.25) is 0 Å². The monoisotopic (exact) mass is 340 g/mol. The molecule has 2 aromatic carbocycles. The first-order valence-corrected chi connectivity index (χ1v) is 9.52. The van der Waals surface area contributed by atoms with E-state index in [-0.39, 0.29) is 11.9 Å². The fraction of sp³-hybridized carbons (Fsp3) is 0.350. The predicted octanol–water partition coefficient (Wildman–Crippen LogP) is 3.98. The van der Waals surface area contributed by atoms with Crippen molar-refractivity contribution in [2.75, 3.05) is 0 Å².